The van der Waals surface area contributed by atoms with Crippen molar-refractivity contribution in [2.75, 3.05) is 24.7 Å². The van der Waals surface area contributed by atoms with E-state index in [1.165, 1.54) is 0 Å². The highest BCUT2D eigenvalue weighted by Gasteiger charge is 2.29. The van der Waals surface area contributed by atoms with Crippen LogP contribution in [-0.2, 0) is 14.3 Å². The lowest BCUT2D eigenvalue weighted by molar-refractivity contribution is -0.138. The van der Waals surface area contributed by atoms with Crippen LogP contribution in [0, 0.1) is 12.3 Å². The number of carboxylic acids is 1. The maximum Gasteiger partial charge on any atom is 0.407 e. The van der Waals surface area contributed by atoms with Gasteiger partial charge in [-0.15, -0.1) is 18.2 Å². The molecule has 1 aliphatic rings. The monoisotopic (exact) mass is 438 g/mol. The van der Waals surface area contributed by atoms with Crippen LogP contribution in [0.3, 0.4) is 0 Å². The Kier molecular flexibility index (Phi) is 7.57. The Hall–Kier alpha value is -3.44. The molecule has 2 amide bonds. The highest BCUT2D eigenvalue weighted by molar-refractivity contribution is 8.00. The molecule has 0 saturated heterocycles. The topological polar surface area (TPSA) is 105 Å². The zero-order valence-electron chi connectivity index (χ0n) is 16.7. The van der Waals surface area contributed by atoms with Crippen LogP contribution in [0.25, 0.3) is 11.1 Å². The molecule has 0 aliphatic heterocycles. The number of hydrogen-bond donors (Lipinski definition) is 3. The van der Waals surface area contributed by atoms with Crippen molar-refractivity contribution in [3.05, 3.63) is 59.7 Å². The molecule has 1 aliphatic carbocycles. The first-order valence-electron chi connectivity index (χ1n) is 9.63. The van der Waals surface area contributed by atoms with E-state index >= 15 is 0 Å². The molecule has 1 atom stereocenters. The average molecular weight is 439 g/mol. The molecule has 0 aromatic heterocycles. The third-order valence-electron chi connectivity index (χ3n) is 4.84. The first-order valence-corrected chi connectivity index (χ1v) is 10.8. The Morgan fingerprint density at radius 1 is 1.10 bits per heavy atom. The molecule has 8 heteroatoms. The SMILES string of the molecule is C#CCNC(=O)CSC[C@@H](NC(=O)OCC1c2ccccc2-c2ccccc21)C(=O)O. The number of benzene rings is 2. The standard InChI is InChI=1S/C23H22N2O5S/c1-2-11-24-21(26)14-31-13-20(22(27)28)25-23(29)30-12-19-17-9-5-3-7-15(17)16-8-4-6-10-18(16)19/h1,3-10,19-20H,11-14H2,(H,24,26)(H,25,29)(H,27,28)/t20-/m1/s1. The molecule has 0 radical (unpaired) electrons. The Labute approximate surface area is 184 Å². The van der Waals surface area contributed by atoms with Crippen LogP contribution in [-0.4, -0.2) is 53.8 Å². The first kappa shape index (κ1) is 22.2. The number of alkyl carbamates (subject to hydrolysis) is 1. The van der Waals surface area contributed by atoms with Crippen LogP contribution >= 0.6 is 11.8 Å². The van der Waals surface area contributed by atoms with E-state index in [0.29, 0.717) is 0 Å². The number of hydrogen-bond acceptors (Lipinski definition) is 5. The average Bonchev–Trinajstić information content (AvgIpc) is 3.09. The molecule has 0 heterocycles. The molecule has 3 rings (SSSR count). The Morgan fingerprint density at radius 2 is 1.71 bits per heavy atom. The maximum atomic E-state index is 12.3. The van der Waals surface area contributed by atoms with E-state index in [1.54, 1.807) is 0 Å². The van der Waals surface area contributed by atoms with Crippen molar-refractivity contribution in [1.82, 2.24) is 10.6 Å². The van der Waals surface area contributed by atoms with Crippen molar-refractivity contribution >= 4 is 29.7 Å². The largest absolute Gasteiger partial charge is 0.480 e. The van der Waals surface area contributed by atoms with E-state index in [0.717, 1.165) is 34.0 Å². The molecular weight excluding hydrogens is 416 g/mol. The minimum Gasteiger partial charge on any atom is -0.480 e. The highest BCUT2D eigenvalue weighted by atomic mass is 32.2. The van der Waals surface area contributed by atoms with Crippen molar-refractivity contribution < 1.29 is 24.2 Å². The molecule has 2 aromatic carbocycles. The molecule has 0 fully saturated rings. The summed E-state index contributed by atoms with van der Waals surface area (Å²) in [6, 6.07) is 14.7. The number of ether oxygens (including phenoxy) is 1. The summed E-state index contributed by atoms with van der Waals surface area (Å²) in [4.78, 5) is 35.3. The summed E-state index contributed by atoms with van der Waals surface area (Å²) >= 11 is 1.08. The number of amides is 2. The molecule has 0 bridgehead atoms. The fourth-order valence-electron chi connectivity index (χ4n) is 3.43. The van der Waals surface area contributed by atoms with E-state index in [-0.39, 0.29) is 36.5 Å². The lowest BCUT2D eigenvalue weighted by atomic mass is 9.98. The number of terminal acetylenes is 1. The predicted molar refractivity (Wildman–Crippen MR) is 119 cm³/mol. The molecule has 160 valence electrons. The lowest BCUT2D eigenvalue weighted by Crippen LogP contribution is -2.43. The van der Waals surface area contributed by atoms with Gasteiger partial charge < -0.3 is 20.5 Å². The van der Waals surface area contributed by atoms with Crippen molar-refractivity contribution in [2.45, 2.75) is 12.0 Å². The normalized spacial score (nSPS) is 12.7. The van der Waals surface area contributed by atoms with Gasteiger partial charge in [0.2, 0.25) is 5.91 Å². The second kappa shape index (κ2) is 10.5. The van der Waals surface area contributed by atoms with Crippen molar-refractivity contribution in [3.8, 4) is 23.5 Å². The highest BCUT2D eigenvalue weighted by Crippen LogP contribution is 2.44. The van der Waals surface area contributed by atoms with Gasteiger partial charge in [0.25, 0.3) is 0 Å². The third kappa shape index (κ3) is 5.58. The Balaban J connectivity index is 1.55. The van der Waals surface area contributed by atoms with Gasteiger partial charge in [-0.3, -0.25) is 4.79 Å². The van der Waals surface area contributed by atoms with E-state index in [2.05, 4.69) is 16.6 Å². The molecule has 3 N–H and O–H groups in total. The van der Waals surface area contributed by atoms with Gasteiger partial charge in [-0.25, -0.2) is 9.59 Å². The van der Waals surface area contributed by atoms with Crippen LogP contribution < -0.4 is 10.6 Å². The van der Waals surface area contributed by atoms with Crippen molar-refractivity contribution in [2.24, 2.45) is 0 Å². The van der Waals surface area contributed by atoms with Gasteiger partial charge in [0.05, 0.1) is 12.3 Å². The van der Waals surface area contributed by atoms with Gasteiger partial charge in [0.15, 0.2) is 0 Å². The minimum atomic E-state index is -1.20. The molecule has 7 nitrogen and oxygen atoms in total. The summed E-state index contributed by atoms with van der Waals surface area (Å²) in [6.07, 6.45) is 4.25. The van der Waals surface area contributed by atoms with Gasteiger partial charge in [0, 0.05) is 11.7 Å². The second-order valence-corrected chi connectivity index (χ2v) is 7.89. The van der Waals surface area contributed by atoms with Crippen molar-refractivity contribution in [1.29, 1.82) is 0 Å². The number of rotatable bonds is 9. The number of nitrogens with one attached hydrogen (secondary N) is 2. The summed E-state index contributed by atoms with van der Waals surface area (Å²) in [6.45, 7) is 0.202. The number of thioether (sulfide) groups is 1. The van der Waals surface area contributed by atoms with Gasteiger partial charge in [0.1, 0.15) is 12.6 Å². The molecule has 0 unspecified atom stereocenters. The quantitative estimate of drug-likeness (QED) is 0.520. The van der Waals surface area contributed by atoms with E-state index in [1.807, 2.05) is 48.5 Å². The molecule has 31 heavy (non-hydrogen) atoms. The van der Waals surface area contributed by atoms with E-state index in [4.69, 9.17) is 11.2 Å². The minimum absolute atomic E-state index is 0.0169. The summed E-state index contributed by atoms with van der Waals surface area (Å²) in [5.41, 5.74) is 4.35. The Morgan fingerprint density at radius 3 is 2.29 bits per heavy atom. The van der Waals surface area contributed by atoms with Gasteiger partial charge in [-0.05, 0) is 22.3 Å². The number of carbonyl (C=O) groups is 3. The Bertz CT molecular complexity index is 972. The molecular formula is C23H22N2O5S. The van der Waals surface area contributed by atoms with E-state index < -0.39 is 18.1 Å². The number of carboxylic acid groups (broad SMARTS) is 1. The maximum absolute atomic E-state index is 12.3. The van der Waals surface area contributed by atoms with Crippen LogP contribution in [0.1, 0.15) is 17.0 Å². The summed E-state index contributed by atoms with van der Waals surface area (Å²) in [5, 5.41) is 14.2. The predicted octanol–water partition coefficient (Wildman–Crippen LogP) is 2.46. The third-order valence-corrected chi connectivity index (χ3v) is 5.87. The number of fused-ring (bicyclic) bond motifs is 3. The first-order chi connectivity index (χ1) is 15.0. The van der Waals surface area contributed by atoms with Gasteiger partial charge in [-0.1, -0.05) is 54.5 Å². The van der Waals surface area contributed by atoms with Gasteiger partial charge in [-0.2, -0.15) is 0 Å². The number of carbonyl (C=O) groups excluding carboxylic acids is 2. The smallest absolute Gasteiger partial charge is 0.407 e. The zero-order valence-corrected chi connectivity index (χ0v) is 17.5. The summed E-state index contributed by atoms with van der Waals surface area (Å²) in [5.74, 6) is 0.723. The zero-order chi connectivity index (χ0) is 22.2. The van der Waals surface area contributed by atoms with Gasteiger partial charge >= 0.3 is 12.1 Å². The van der Waals surface area contributed by atoms with Crippen LogP contribution in [0.2, 0.25) is 0 Å². The molecule has 2 aromatic rings. The van der Waals surface area contributed by atoms with Crippen LogP contribution in [0.5, 0.6) is 0 Å². The molecule has 0 spiro atoms. The summed E-state index contributed by atoms with van der Waals surface area (Å²) < 4.78 is 5.38. The van der Waals surface area contributed by atoms with Crippen LogP contribution in [0.15, 0.2) is 48.5 Å². The number of aliphatic carboxylic acids is 1. The fourth-order valence-corrected chi connectivity index (χ4v) is 4.29. The van der Waals surface area contributed by atoms with E-state index in [9.17, 15) is 19.5 Å². The lowest BCUT2D eigenvalue weighted by Gasteiger charge is -2.17. The molecule has 0 saturated carbocycles. The van der Waals surface area contributed by atoms with Crippen molar-refractivity contribution in [3.63, 3.8) is 0 Å². The summed E-state index contributed by atoms with van der Waals surface area (Å²) in [7, 11) is 0. The fraction of sp³-hybridized carbons (Fsp3) is 0.261. The van der Waals surface area contributed by atoms with Crippen LogP contribution in [0.4, 0.5) is 4.79 Å². The second-order valence-electron chi connectivity index (χ2n) is 6.86.